The quantitative estimate of drug-likeness (QED) is 0.607. The molecule has 0 aromatic heterocycles. The van der Waals surface area contributed by atoms with Gasteiger partial charge in [0.25, 0.3) is 0 Å². The maximum absolute atomic E-state index is 5.85. The van der Waals surface area contributed by atoms with E-state index in [2.05, 4.69) is 29.3 Å². The number of ether oxygens (including phenoxy) is 2. The monoisotopic (exact) mass is 294 g/mol. The molecule has 118 valence electrons. The number of nitrogens with zero attached hydrogens (tertiary/aromatic N) is 2. The van der Waals surface area contributed by atoms with Gasteiger partial charge in [0.1, 0.15) is 11.5 Å². The molecule has 2 unspecified atom stereocenters. The van der Waals surface area contributed by atoms with E-state index in [1.165, 1.54) is 0 Å². The maximum atomic E-state index is 5.85. The summed E-state index contributed by atoms with van der Waals surface area (Å²) in [7, 11) is 7.59. The van der Waals surface area contributed by atoms with Crippen LogP contribution in [0.25, 0.3) is 0 Å². The molecule has 0 bridgehead atoms. The zero-order chi connectivity index (χ0) is 15.4. The summed E-state index contributed by atoms with van der Waals surface area (Å²) in [6.45, 7) is 3.07. The van der Waals surface area contributed by atoms with Gasteiger partial charge in [0.15, 0.2) is 0 Å². The van der Waals surface area contributed by atoms with Crippen molar-refractivity contribution in [3.05, 3.63) is 23.8 Å². The van der Waals surface area contributed by atoms with Gasteiger partial charge < -0.3 is 14.4 Å². The normalized spacial score (nSPS) is 22.0. The van der Waals surface area contributed by atoms with Crippen LogP contribution in [0.1, 0.15) is 11.6 Å². The Morgan fingerprint density at radius 2 is 1.76 bits per heavy atom. The first kappa shape index (κ1) is 16.0. The van der Waals surface area contributed by atoms with Gasteiger partial charge in [-0.15, -0.1) is 0 Å². The molecule has 1 aliphatic rings. The number of hydrogen-bond acceptors (Lipinski definition) is 6. The lowest BCUT2D eigenvalue weighted by Crippen LogP contribution is -2.56. The number of methoxy groups -OCH3 is 2. The zero-order valence-corrected chi connectivity index (χ0v) is 13.3. The minimum atomic E-state index is 0.0155. The smallest absolute Gasteiger partial charge is 0.122 e. The predicted octanol–water partition coefficient (Wildman–Crippen LogP) is 0.454. The van der Waals surface area contributed by atoms with Crippen LogP contribution in [-0.4, -0.2) is 63.8 Å². The molecule has 0 amide bonds. The predicted molar refractivity (Wildman–Crippen MR) is 83.5 cm³/mol. The molecule has 2 rings (SSSR count). The van der Waals surface area contributed by atoms with E-state index in [1.807, 2.05) is 18.2 Å². The van der Waals surface area contributed by atoms with Gasteiger partial charge in [-0.3, -0.25) is 16.2 Å². The van der Waals surface area contributed by atoms with E-state index in [1.54, 1.807) is 14.2 Å². The molecule has 6 nitrogen and oxygen atoms in total. The summed E-state index contributed by atoms with van der Waals surface area (Å²) < 4.78 is 10.7. The fourth-order valence-corrected chi connectivity index (χ4v) is 2.84. The third-order valence-electron chi connectivity index (χ3n) is 4.20. The topological polar surface area (TPSA) is 63.0 Å². The molecule has 21 heavy (non-hydrogen) atoms. The molecular weight excluding hydrogens is 268 g/mol. The molecule has 2 atom stereocenters. The van der Waals surface area contributed by atoms with Gasteiger partial charge in [0.05, 0.1) is 20.3 Å². The summed E-state index contributed by atoms with van der Waals surface area (Å²) in [6.07, 6.45) is 0. The van der Waals surface area contributed by atoms with E-state index < -0.39 is 0 Å². The van der Waals surface area contributed by atoms with Crippen molar-refractivity contribution in [3.63, 3.8) is 0 Å². The van der Waals surface area contributed by atoms with Crippen LogP contribution in [0, 0.1) is 0 Å². The fourth-order valence-electron chi connectivity index (χ4n) is 2.84. The van der Waals surface area contributed by atoms with Gasteiger partial charge in [-0.25, -0.2) is 0 Å². The standard InChI is InChI=1S/C15H26N4O2/c1-18-5-6-19(2)14(10-18)15(17-16)11-7-12(20-3)9-13(8-11)21-4/h7-9,14-15,17H,5-6,10,16H2,1-4H3. The molecule has 1 saturated heterocycles. The Balaban J connectivity index is 2.31. The molecule has 6 heteroatoms. The second kappa shape index (κ2) is 7.09. The Morgan fingerprint density at radius 3 is 2.29 bits per heavy atom. The van der Waals surface area contributed by atoms with E-state index in [0.29, 0.717) is 6.04 Å². The number of piperazine rings is 1. The highest BCUT2D eigenvalue weighted by atomic mass is 16.5. The van der Waals surface area contributed by atoms with E-state index in [9.17, 15) is 0 Å². The highest BCUT2D eigenvalue weighted by Gasteiger charge is 2.30. The molecule has 1 aromatic carbocycles. The van der Waals surface area contributed by atoms with Gasteiger partial charge in [-0.1, -0.05) is 0 Å². The summed E-state index contributed by atoms with van der Waals surface area (Å²) in [5.41, 5.74) is 4.03. The molecule has 0 saturated carbocycles. The fraction of sp³-hybridized carbons (Fsp3) is 0.600. The maximum Gasteiger partial charge on any atom is 0.122 e. The molecule has 0 radical (unpaired) electrons. The first-order valence-corrected chi connectivity index (χ1v) is 7.17. The van der Waals surface area contributed by atoms with Crippen LogP contribution >= 0.6 is 0 Å². The minimum Gasteiger partial charge on any atom is -0.497 e. The van der Waals surface area contributed by atoms with Gasteiger partial charge in [-0.05, 0) is 31.8 Å². The molecule has 1 aliphatic heterocycles. The Morgan fingerprint density at radius 1 is 1.14 bits per heavy atom. The summed E-state index contributed by atoms with van der Waals surface area (Å²) >= 11 is 0. The number of nitrogens with two attached hydrogens (primary N) is 1. The second-order valence-corrected chi connectivity index (χ2v) is 5.60. The lowest BCUT2D eigenvalue weighted by molar-refractivity contribution is 0.0875. The van der Waals surface area contributed by atoms with Gasteiger partial charge in [-0.2, -0.15) is 0 Å². The Labute approximate surface area is 126 Å². The minimum absolute atomic E-state index is 0.0155. The summed E-state index contributed by atoms with van der Waals surface area (Å²) in [4.78, 5) is 4.67. The van der Waals surface area contributed by atoms with Crippen LogP contribution in [0.2, 0.25) is 0 Å². The van der Waals surface area contributed by atoms with E-state index in [-0.39, 0.29) is 6.04 Å². The average molecular weight is 294 g/mol. The largest absolute Gasteiger partial charge is 0.497 e. The van der Waals surface area contributed by atoms with Crippen molar-refractivity contribution >= 4 is 0 Å². The van der Waals surface area contributed by atoms with Crippen LogP contribution < -0.4 is 20.7 Å². The number of hydrazine groups is 1. The lowest BCUT2D eigenvalue weighted by Gasteiger charge is -2.41. The number of benzene rings is 1. The van der Waals surface area contributed by atoms with Crippen molar-refractivity contribution in [2.45, 2.75) is 12.1 Å². The highest BCUT2D eigenvalue weighted by Crippen LogP contribution is 2.30. The number of hydrogen-bond donors (Lipinski definition) is 2. The van der Waals surface area contributed by atoms with Crippen LogP contribution in [0.15, 0.2) is 18.2 Å². The van der Waals surface area contributed by atoms with Crippen molar-refractivity contribution in [2.24, 2.45) is 5.84 Å². The van der Waals surface area contributed by atoms with Gasteiger partial charge >= 0.3 is 0 Å². The van der Waals surface area contributed by atoms with Crippen LogP contribution in [-0.2, 0) is 0 Å². The first-order valence-electron chi connectivity index (χ1n) is 7.17. The Hall–Kier alpha value is -1.34. The summed E-state index contributed by atoms with van der Waals surface area (Å²) in [5.74, 6) is 7.40. The third-order valence-corrected chi connectivity index (χ3v) is 4.20. The number of likely N-dealkylation sites (N-methyl/N-ethyl adjacent to an activating group) is 2. The first-order chi connectivity index (χ1) is 10.1. The van der Waals surface area contributed by atoms with Crippen LogP contribution in [0.4, 0.5) is 0 Å². The zero-order valence-electron chi connectivity index (χ0n) is 13.3. The average Bonchev–Trinajstić information content (AvgIpc) is 2.51. The van der Waals surface area contributed by atoms with Crippen LogP contribution in [0.3, 0.4) is 0 Å². The van der Waals surface area contributed by atoms with Crippen molar-refractivity contribution in [2.75, 3.05) is 47.9 Å². The van der Waals surface area contributed by atoms with E-state index >= 15 is 0 Å². The van der Waals surface area contributed by atoms with E-state index in [0.717, 1.165) is 36.7 Å². The van der Waals surface area contributed by atoms with Crippen molar-refractivity contribution in [1.29, 1.82) is 0 Å². The summed E-state index contributed by atoms with van der Waals surface area (Å²) in [5, 5.41) is 0. The molecule has 0 aliphatic carbocycles. The van der Waals surface area contributed by atoms with E-state index in [4.69, 9.17) is 15.3 Å². The van der Waals surface area contributed by atoms with Crippen molar-refractivity contribution < 1.29 is 9.47 Å². The molecule has 3 N–H and O–H groups in total. The molecule has 1 heterocycles. The van der Waals surface area contributed by atoms with Crippen LogP contribution in [0.5, 0.6) is 11.5 Å². The van der Waals surface area contributed by atoms with Gasteiger partial charge in [0.2, 0.25) is 0 Å². The van der Waals surface area contributed by atoms with Crippen molar-refractivity contribution in [1.82, 2.24) is 15.2 Å². The second-order valence-electron chi connectivity index (χ2n) is 5.60. The highest BCUT2D eigenvalue weighted by molar-refractivity contribution is 5.40. The number of rotatable bonds is 5. The molecule has 1 aromatic rings. The van der Waals surface area contributed by atoms with Crippen molar-refractivity contribution in [3.8, 4) is 11.5 Å². The molecular formula is C15H26N4O2. The Kier molecular flexibility index (Phi) is 5.41. The Bertz CT molecular complexity index is 447. The lowest BCUT2D eigenvalue weighted by atomic mass is 9.96. The molecule has 1 fully saturated rings. The third kappa shape index (κ3) is 3.65. The van der Waals surface area contributed by atoms with Gasteiger partial charge in [0, 0.05) is 31.7 Å². The number of nitrogens with one attached hydrogen (secondary N) is 1. The SMILES string of the molecule is COc1cc(OC)cc(C(NN)C2CN(C)CCN2C)c1. The molecule has 0 spiro atoms. The summed E-state index contributed by atoms with van der Waals surface area (Å²) in [6, 6.07) is 6.20.